The van der Waals surface area contributed by atoms with Crippen molar-refractivity contribution in [3.05, 3.63) is 22.7 Å². The van der Waals surface area contributed by atoms with Crippen molar-refractivity contribution in [2.45, 2.75) is 26.3 Å². The minimum atomic E-state index is -0.432. The first-order valence-corrected chi connectivity index (χ1v) is 8.50. The molecule has 1 atom stereocenters. The highest BCUT2D eigenvalue weighted by atomic mass is 35.5. The zero-order valence-electron chi connectivity index (χ0n) is 13.8. The van der Waals surface area contributed by atoms with Gasteiger partial charge in [-0.3, -0.25) is 9.59 Å². The summed E-state index contributed by atoms with van der Waals surface area (Å²) in [5.74, 6) is 0.962. The van der Waals surface area contributed by atoms with Gasteiger partial charge in [-0.05, 0) is 23.6 Å². The van der Waals surface area contributed by atoms with Gasteiger partial charge in [0.25, 0.3) is 0 Å². The van der Waals surface area contributed by atoms with E-state index in [0.29, 0.717) is 42.8 Å². The van der Waals surface area contributed by atoms with Gasteiger partial charge in [0.05, 0.1) is 11.4 Å². The first-order valence-electron chi connectivity index (χ1n) is 8.12. The molecule has 2 aliphatic rings. The lowest BCUT2D eigenvalue weighted by Crippen LogP contribution is -2.59. The summed E-state index contributed by atoms with van der Waals surface area (Å²) >= 11 is 6.22. The van der Waals surface area contributed by atoms with Gasteiger partial charge in [-0.15, -0.1) is 0 Å². The zero-order valence-corrected chi connectivity index (χ0v) is 14.6. The Balaban J connectivity index is 1.79. The molecule has 24 heavy (non-hydrogen) atoms. The van der Waals surface area contributed by atoms with Gasteiger partial charge in [0.15, 0.2) is 11.5 Å². The third kappa shape index (κ3) is 3.29. The topological polar surface area (TPSA) is 67.9 Å². The molecule has 130 valence electrons. The second-order valence-corrected chi connectivity index (χ2v) is 6.75. The Bertz CT molecular complexity index is 662. The summed E-state index contributed by atoms with van der Waals surface area (Å²) in [4.78, 5) is 26.5. The number of nitrogens with zero attached hydrogens (tertiary/aromatic N) is 1. The molecule has 0 aliphatic carbocycles. The molecule has 6 nitrogen and oxygen atoms in total. The van der Waals surface area contributed by atoms with Crippen molar-refractivity contribution in [3.8, 4) is 11.5 Å². The minimum absolute atomic E-state index is 0.0538. The first-order chi connectivity index (χ1) is 11.5. The molecule has 0 aromatic heterocycles. The molecule has 0 bridgehead atoms. The molecule has 2 amide bonds. The van der Waals surface area contributed by atoms with Crippen LogP contribution >= 0.6 is 11.6 Å². The maximum absolute atomic E-state index is 12.7. The van der Waals surface area contributed by atoms with Gasteiger partial charge in [-0.2, -0.15) is 0 Å². The Kier molecular flexibility index (Phi) is 4.85. The molecule has 1 aromatic carbocycles. The number of rotatable bonds is 3. The lowest BCUT2D eigenvalue weighted by Gasteiger charge is -2.37. The third-order valence-corrected chi connectivity index (χ3v) is 4.50. The average molecular weight is 353 g/mol. The lowest BCUT2D eigenvalue weighted by atomic mass is 9.98. The normalized spacial score (nSPS) is 20.1. The number of carbonyl (C=O) groups excluding carboxylic acids is 2. The highest BCUT2D eigenvalue weighted by Crippen LogP contribution is 2.38. The van der Waals surface area contributed by atoms with Crippen molar-refractivity contribution in [1.29, 1.82) is 0 Å². The molecule has 1 aromatic rings. The quantitative estimate of drug-likeness (QED) is 0.898. The number of fused-ring (bicyclic) bond motifs is 1. The highest BCUT2D eigenvalue weighted by molar-refractivity contribution is 6.32. The van der Waals surface area contributed by atoms with Crippen LogP contribution < -0.4 is 14.8 Å². The van der Waals surface area contributed by atoms with E-state index >= 15 is 0 Å². The molecule has 1 saturated heterocycles. The monoisotopic (exact) mass is 352 g/mol. The van der Waals surface area contributed by atoms with Crippen LogP contribution in [0.4, 0.5) is 0 Å². The van der Waals surface area contributed by atoms with Crippen molar-refractivity contribution in [3.63, 3.8) is 0 Å². The molecule has 0 saturated carbocycles. The summed E-state index contributed by atoms with van der Waals surface area (Å²) in [6.45, 7) is 5.81. The molecule has 2 aliphatic heterocycles. The standard InChI is InChI=1S/C17H21ClN2O4/c1-10(2)15-17(22)19-3-4-20(15)14(21)9-11-7-12(18)16-13(8-11)23-5-6-24-16/h7-8,10,15H,3-6,9H2,1-2H3,(H,19,22). The van der Waals surface area contributed by atoms with Crippen LogP contribution in [0, 0.1) is 5.92 Å². The van der Waals surface area contributed by atoms with Crippen molar-refractivity contribution in [2.75, 3.05) is 26.3 Å². The fraction of sp³-hybridized carbons (Fsp3) is 0.529. The fourth-order valence-electron chi connectivity index (χ4n) is 3.17. The number of piperazine rings is 1. The Morgan fingerprint density at radius 2 is 2.12 bits per heavy atom. The lowest BCUT2D eigenvalue weighted by molar-refractivity contribution is -0.144. The minimum Gasteiger partial charge on any atom is -0.486 e. The summed E-state index contributed by atoms with van der Waals surface area (Å²) in [5.41, 5.74) is 0.753. The number of amides is 2. The number of benzene rings is 1. The molecule has 0 spiro atoms. The number of nitrogens with one attached hydrogen (secondary N) is 1. The van der Waals surface area contributed by atoms with Gasteiger partial charge in [0, 0.05) is 13.1 Å². The number of halogens is 1. The molecule has 1 N–H and O–H groups in total. The van der Waals surface area contributed by atoms with Crippen LogP contribution in [-0.4, -0.2) is 49.1 Å². The second kappa shape index (κ2) is 6.89. The van der Waals surface area contributed by atoms with E-state index in [4.69, 9.17) is 21.1 Å². The van der Waals surface area contributed by atoms with Crippen LogP contribution in [0.25, 0.3) is 0 Å². The predicted octanol–water partition coefficient (Wildman–Crippen LogP) is 1.64. The third-order valence-electron chi connectivity index (χ3n) is 4.22. The molecule has 0 radical (unpaired) electrons. The van der Waals surface area contributed by atoms with Gasteiger partial charge in [-0.25, -0.2) is 0 Å². The van der Waals surface area contributed by atoms with E-state index in [-0.39, 0.29) is 24.2 Å². The number of hydrogen-bond donors (Lipinski definition) is 1. The summed E-state index contributed by atoms with van der Waals surface area (Å²) in [6.07, 6.45) is 0.173. The van der Waals surface area contributed by atoms with E-state index < -0.39 is 6.04 Å². The van der Waals surface area contributed by atoms with E-state index in [1.165, 1.54) is 0 Å². The van der Waals surface area contributed by atoms with Gasteiger partial charge < -0.3 is 19.7 Å². The molecule has 2 heterocycles. The van der Waals surface area contributed by atoms with Gasteiger partial charge in [-0.1, -0.05) is 25.4 Å². The first kappa shape index (κ1) is 16.9. The second-order valence-electron chi connectivity index (χ2n) is 6.35. The maximum Gasteiger partial charge on any atom is 0.243 e. The van der Waals surface area contributed by atoms with Crippen LogP contribution in [0.3, 0.4) is 0 Å². The van der Waals surface area contributed by atoms with Crippen molar-refractivity contribution < 1.29 is 19.1 Å². The summed E-state index contributed by atoms with van der Waals surface area (Å²) in [7, 11) is 0. The maximum atomic E-state index is 12.7. The highest BCUT2D eigenvalue weighted by Gasteiger charge is 2.35. The molecular weight excluding hydrogens is 332 g/mol. The molecule has 7 heteroatoms. The summed E-state index contributed by atoms with van der Waals surface area (Å²) < 4.78 is 11.0. The van der Waals surface area contributed by atoms with Gasteiger partial charge in [0.2, 0.25) is 11.8 Å². The number of hydrogen-bond acceptors (Lipinski definition) is 4. The molecule has 1 fully saturated rings. The van der Waals surface area contributed by atoms with Crippen LogP contribution in [0.15, 0.2) is 12.1 Å². The van der Waals surface area contributed by atoms with E-state index in [1.807, 2.05) is 13.8 Å². The number of ether oxygens (including phenoxy) is 2. The molecule has 3 rings (SSSR count). The Labute approximate surface area is 146 Å². The van der Waals surface area contributed by atoms with Crippen LogP contribution in [0.1, 0.15) is 19.4 Å². The van der Waals surface area contributed by atoms with E-state index in [1.54, 1.807) is 17.0 Å². The van der Waals surface area contributed by atoms with Gasteiger partial charge >= 0.3 is 0 Å². The molecule has 1 unspecified atom stereocenters. The largest absolute Gasteiger partial charge is 0.486 e. The van der Waals surface area contributed by atoms with Crippen molar-refractivity contribution in [1.82, 2.24) is 10.2 Å². The van der Waals surface area contributed by atoms with Crippen molar-refractivity contribution >= 4 is 23.4 Å². The SMILES string of the molecule is CC(C)C1C(=O)NCCN1C(=O)Cc1cc(Cl)c2c(c1)OCCO2. The average Bonchev–Trinajstić information content (AvgIpc) is 2.54. The van der Waals surface area contributed by atoms with E-state index in [0.717, 1.165) is 5.56 Å². The van der Waals surface area contributed by atoms with E-state index in [9.17, 15) is 9.59 Å². The van der Waals surface area contributed by atoms with Crippen LogP contribution in [0.5, 0.6) is 11.5 Å². The summed E-state index contributed by atoms with van der Waals surface area (Å²) in [5, 5.41) is 3.26. The zero-order chi connectivity index (χ0) is 17.3. The van der Waals surface area contributed by atoms with Crippen molar-refractivity contribution in [2.24, 2.45) is 5.92 Å². The van der Waals surface area contributed by atoms with E-state index in [2.05, 4.69) is 5.32 Å². The van der Waals surface area contributed by atoms with Gasteiger partial charge in [0.1, 0.15) is 19.3 Å². The Morgan fingerprint density at radius 1 is 1.38 bits per heavy atom. The fourth-order valence-corrected chi connectivity index (χ4v) is 3.46. The molecular formula is C17H21ClN2O4. The van der Waals surface area contributed by atoms with Crippen LogP contribution in [0.2, 0.25) is 5.02 Å². The van der Waals surface area contributed by atoms with Crippen LogP contribution in [-0.2, 0) is 16.0 Å². The predicted molar refractivity (Wildman–Crippen MR) is 89.5 cm³/mol. The summed E-state index contributed by atoms with van der Waals surface area (Å²) in [6, 6.07) is 3.08. The Hall–Kier alpha value is -1.95. The Morgan fingerprint density at radius 3 is 2.88 bits per heavy atom. The smallest absolute Gasteiger partial charge is 0.243 e. The number of carbonyl (C=O) groups is 2.